The number of carbonyl (C=O) groups excluding carboxylic acids is 1. The first-order chi connectivity index (χ1) is 8.08. The maximum absolute atomic E-state index is 10.0. The Morgan fingerprint density at radius 2 is 1.78 bits per heavy atom. The van der Waals surface area contributed by atoms with Crippen LogP contribution in [0.4, 0.5) is 0 Å². The highest BCUT2D eigenvalue weighted by molar-refractivity contribution is 5.66. The molecule has 0 bridgehead atoms. The van der Waals surface area contributed by atoms with E-state index >= 15 is 0 Å². The number of hydrogen-bond donors (Lipinski definition) is 3. The Morgan fingerprint density at radius 3 is 2.00 bits per heavy atom. The molecule has 0 aliphatic heterocycles. The smallest absolute Gasteiger partial charge is 0.303 e. The molecule has 0 aromatic rings. The van der Waals surface area contributed by atoms with Gasteiger partial charge in [-0.1, -0.05) is 0 Å². The number of quaternary nitrogens is 1. The van der Waals surface area contributed by atoms with Gasteiger partial charge in [0.15, 0.2) is 0 Å². The summed E-state index contributed by atoms with van der Waals surface area (Å²) in [5.41, 5.74) is 0. The highest BCUT2D eigenvalue weighted by Gasteiger charge is 2.14. The third kappa shape index (κ3) is 20.3. The predicted octanol–water partition coefficient (Wildman–Crippen LogP) is -1.96. The lowest BCUT2D eigenvalue weighted by Gasteiger charge is -2.26. The van der Waals surface area contributed by atoms with Gasteiger partial charge >= 0.3 is 5.97 Å². The molecule has 0 aliphatic rings. The number of aliphatic carboxylic acids is 2. The lowest BCUT2D eigenvalue weighted by molar-refractivity contribution is -0.873. The molecule has 0 saturated heterocycles. The van der Waals surface area contributed by atoms with Crippen LogP contribution < -0.4 is 5.11 Å². The zero-order valence-electron chi connectivity index (χ0n) is 11.1. The van der Waals surface area contributed by atoms with Crippen LogP contribution in [-0.2, 0) is 9.59 Å². The first-order valence-electron chi connectivity index (χ1n) is 5.59. The topological polar surface area (TPSA) is 118 Å². The van der Waals surface area contributed by atoms with Crippen LogP contribution in [-0.4, -0.2) is 72.1 Å². The van der Waals surface area contributed by atoms with Gasteiger partial charge in [-0.2, -0.15) is 0 Å². The lowest BCUT2D eigenvalue weighted by atomic mass is 10.2. The van der Waals surface area contributed by atoms with Crippen LogP contribution >= 0.6 is 0 Å². The van der Waals surface area contributed by atoms with E-state index in [-0.39, 0.29) is 19.4 Å². The zero-order chi connectivity index (χ0) is 14.8. The van der Waals surface area contributed by atoms with Crippen LogP contribution in [0.3, 0.4) is 0 Å². The summed E-state index contributed by atoms with van der Waals surface area (Å²) in [7, 11) is 5.66. The molecule has 0 fully saturated rings. The minimum absolute atomic E-state index is 0.0354. The molecule has 0 unspecified atom stereocenters. The average Bonchev–Trinajstić information content (AvgIpc) is 2.10. The van der Waals surface area contributed by atoms with Crippen molar-refractivity contribution < 1.29 is 34.5 Å². The molecular weight excluding hydrogens is 242 g/mol. The zero-order valence-corrected chi connectivity index (χ0v) is 11.1. The van der Waals surface area contributed by atoms with E-state index in [1.54, 1.807) is 0 Å². The van der Waals surface area contributed by atoms with Crippen molar-refractivity contribution in [3.05, 3.63) is 0 Å². The van der Waals surface area contributed by atoms with E-state index in [9.17, 15) is 14.7 Å². The number of hydrogen-bond acceptors (Lipinski definition) is 5. The van der Waals surface area contributed by atoms with Gasteiger partial charge in [-0.15, -0.1) is 0 Å². The van der Waals surface area contributed by atoms with Gasteiger partial charge in [-0.05, 0) is 6.42 Å². The fourth-order valence-electron chi connectivity index (χ4n) is 1.12. The van der Waals surface area contributed by atoms with Crippen molar-refractivity contribution in [3.63, 3.8) is 0 Å². The molecule has 0 aliphatic carbocycles. The summed E-state index contributed by atoms with van der Waals surface area (Å²) in [4.78, 5) is 19.7. The summed E-state index contributed by atoms with van der Waals surface area (Å²) in [6.07, 6.45) is -0.665. The normalized spacial score (nSPS) is 12.3. The summed E-state index contributed by atoms with van der Waals surface area (Å²) in [6.45, 7) is 0.389. The van der Waals surface area contributed by atoms with Gasteiger partial charge in [-0.25, -0.2) is 0 Å². The third-order valence-corrected chi connectivity index (χ3v) is 1.71. The van der Waals surface area contributed by atoms with Crippen LogP contribution in [0.5, 0.6) is 0 Å². The number of likely N-dealkylation sites (N-methyl/N-ethyl adjacent to an activating group) is 1. The molecule has 108 valence electrons. The highest BCUT2D eigenvalue weighted by atomic mass is 16.4. The minimum atomic E-state index is -1.20. The number of carbonyl (C=O) groups is 2. The lowest BCUT2D eigenvalue weighted by Crippen LogP contribution is -2.43. The Bertz CT molecular complexity index is 248. The second kappa shape index (κ2) is 9.81. The van der Waals surface area contributed by atoms with Gasteiger partial charge in [0.05, 0.1) is 21.1 Å². The number of nitrogens with zero attached hydrogens (tertiary/aromatic N) is 1. The number of rotatable bonds is 7. The van der Waals surface area contributed by atoms with Gasteiger partial charge in [-0.3, -0.25) is 4.79 Å². The Balaban J connectivity index is 0. The molecule has 7 nitrogen and oxygen atoms in total. The molecule has 0 rings (SSSR count). The van der Waals surface area contributed by atoms with Gasteiger partial charge in [0.25, 0.3) is 0 Å². The van der Waals surface area contributed by atoms with Gasteiger partial charge < -0.3 is 29.7 Å². The molecule has 0 heterocycles. The maximum Gasteiger partial charge on any atom is 0.303 e. The SMILES string of the molecule is C[N+](C)(C)C[C@H](O)CC(=O)[O-].O=C(O)CCCO. The summed E-state index contributed by atoms with van der Waals surface area (Å²) >= 11 is 0. The fraction of sp³-hybridized carbons (Fsp3) is 0.818. The number of aliphatic hydroxyl groups excluding tert-OH is 2. The van der Waals surface area contributed by atoms with Crippen molar-refractivity contribution in [2.45, 2.75) is 25.4 Å². The molecule has 0 saturated carbocycles. The van der Waals surface area contributed by atoms with Crippen LogP contribution in [0.15, 0.2) is 0 Å². The van der Waals surface area contributed by atoms with Crippen molar-refractivity contribution >= 4 is 11.9 Å². The van der Waals surface area contributed by atoms with Gasteiger partial charge in [0.2, 0.25) is 0 Å². The fourth-order valence-corrected chi connectivity index (χ4v) is 1.12. The minimum Gasteiger partial charge on any atom is -0.550 e. The van der Waals surface area contributed by atoms with Crippen LogP contribution in [0, 0.1) is 0 Å². The van der Waals surface area contributed by atoms with Crippen LogP contribution in [0.1, 0.15) is 19.3 Å². The highest BCUT2D eigenvalue weighted by Crippen LogP contribution is 1.97. The predicted molar refractivity (Wildman–Crippen MR) is 62.5 cm³/mol. The van der Waals surface area contributed by atoms with E-state index in [0.717, 1.165) is 0 Å². The monoisotopic (exact) mass is 265 g/mol. The largest absolute Gasteiger partial charge is 0.550 e. The Labute approximate surface area is 107 Å². The summed E-state index contributed by atoms with van der Waals surface area (Å²) in [5, 5.41) is 35.1. The van der Waals surface area contributed by atoms with Crippen molar-refractivity contribution in [2.24, 2.45) is 0 Å². The molecule has 0 radical (unpaired) electrons. The first-order valence-corrected chi connectivity index (χ1v) is 5.59. The van der Waals surface area contributed by atoms with E-state index in [1.165, 1.54) is 0 Å². The molecule has 7 heteroatoms. The number of aliphatic hydroxyl groups is 2. The van der Waals surface area contributed by atoms with E-state index in [1.807, 2.05) is 21.1 Å². The summed E-state index contributed by atoms with van der Waals surface area (Å²) in [6, 6.07) is 0. The van der Waals surface area contributed by atoms with Crippen LogP contribution in [0.2, 0.25) is 0 Å². The van der Waals surface area contributed by atoms with Gasteiger partial charge in [0.1, 0.15) is 12.6 Å². The number of carboxylic acid groups (broad SMARTS) is 2. The second-order valence-electron chi connectivity index (χ2n) is 4.92. The molecule has 0 amide bonds. The van der Waals surface area contributed by atoms with Crippen molar-refractivity contribution in [2.75, 3.05) is 34.3 Å². The van der Waals surface area contributed by atoms with Crippen molar-refractivity contribution in [1.82, 2.24) is 0 Å². The summed E-state index contributed by atoms with van der Waals surface area (Å²) in [5.74, 6) is -2.06. The Kier molecular flexibility index (Phi) is 10.4. The Morgan fingerprint density at radius 1 is 1.28 bits per heavy atom. The molecule has 0 aromatic carbocycles. The molecule has 3 N–H and O–H groups in total. The van der Waals surface area contributed by atoms with Crippen LogP contribution in [0.25, 0.3) is 0 Å². The molecule has 0 spiro atoms. The molecule has 0 aromatic heterocycles. The molecule has 18 heavy (non-hydrogen) atoms. The van der Waals surface area contributed by atoms with Crippen molar-refractivity contribution in [3.8, 4) is 0 Å². The van der Waals surface area contributed by atoms with Gasteiger partial charge in [0, 0.05) is 25.4 Å². The quantitative estimate of drug-likeness (QED) is 0.460. The third-order valence-electron chi connectivity index (χ3n) is 1.71. The van der Waals surface area contributed by atoms with E-state index < -0.39 is 18.0 Å². The standard InChI is InChI=1S/C7H15NO3.C4H8O3/c1-8(2,3)5-6(9)4-7(10)11;5-3-1-2-4(6)7/h6,9H,4-5H2,1-3H3;5H,1-3H2,(H,6,7)/t6-;/m1./s1. The molecule has 1 atom stereocenters. The Hall–Kier alpha value is -1.18. The second-order valence-corrected chi connectivity index (χ2v) is 4.92. The van der Waals surface area contributed by atoms with E-state index in [2.05, 4.69) is 0 Å². The molecular formula is C11H23NO6. The maximum atomic E-state index is 10.0. The van der Waals surface area contributed by atoms with Crippen molar-refractivity contribution in [1.29, 1.82) is 0 Å². The summed E-state index contributed by atoms with van der Waals surface area (Å²) < 4.78 is 0.550. The first kappa shape index (κ1) is 19.2. The van der Waals surface area contributed by atoms with E-state index in [4.69, 9.17) is 15.3 Å². The number of carboxylic acids is 2. The average molecular weight is 265 g/mol. The van der Waals surface area contributed by atoms with E-state index in [0.29, 0.717) is 17.4 Å².